The van der Waals surface area contributed by atoms with Gasteiger partial charge in [0, 0.05) is 12.2 Å². The zero-order valence-corrected chi connectivity index (χ0v) is 12.9. The number of aromatic nitrogens is 3. The molecule has 0 saturated carbocycles. The number of thioether (sulfide) groups is 1. The van der Waals surface area contributed by atoms with E-state index in [4.69, 9.17) is 5.84 Å². The number of nitrogens with zero attached hydrogens (tertiary/aromatic N) is 3. The zero-order chi connectivity index (χ0) is 16.2. The average Bonchev–Trinajstić information content (AvgIpc) is 2.83. The molecule has 2 rings (SSSR count). The number of alkyl halides is 3. The highest BCUT2D eigenvalue weighted by molar-refractivity contribution is 7.98. The van der Waals surface area contributed by atoms with Crippen LogP contribution < -0.4 is 5.84 Å². The molecule has 0 radical (unpaired) electrons. The summed E-state index contributed by atoms with van der Waals surface area (Å²) < 4.78 is 39.4. The van der Waals surface area contributed by atoms with E-state index in [2.05, 4.69) is 17.1 Å². The summed E-state index contributed by atoms with van der Waals surface area (Å²) >= 11 is 1.27. The Morgan fingerprint density at radius 3 is 2.73 bits per heavy atom. The van der Waals surface area contributed by atoms with Gasteiger partial charge >= 0.3 is 6.18 Å². The van der Waals surface area contributed by atoms with Crippen molar-refractivity contribution >= 4 is 11.8 Å². The van der Waals surface area contributed by atoms with Crippen LogP contribution in [0, 0.1) is 0 Å². The first kappa shape index (κ1) is 16.7. The van der Waals surface area contributed by atoms with Crippen molar-refractivity contribution in [1.82, 2.24) is 14.9 Å². The van der Waals surface area contributed by atoms with Gasteiger partial charge in [-0.25, -0.2) is 4.68 Å². The van der Waals surface area contributed by atoms with Crippen LogP contribution in [0.2, 0.25) is 0 Å². The van der Waals surface area contributed by atoms with Gasteiger partial charge in [-0.1, -0.05) is 43.3 Å². The van der Waals surface area contributed by atoms with Gasteiger partial charge in [-0.15, -0.1) is 10.2 Å². The molecule has 0 bridgehead atoms. The van der Waals surface area contributed by atoms with Gasteiger partial charge in [-0.2, -0.15) is 13.2 Å². The molecule has 0 aliphatic rings. The lowest BCUT2D eigenvalue weighted by Crippen LogP contribution is -2.14. The van der Waals surface area contributed by atoms with Crippen LogP contribution in [0.15, 0.2) is 29.4 Å². The largest absolute Gasteiger partial charge is 0.416 e. The fourth-order valence-electron chi connectivity index (χ4n) is 1.90. The number of unbranched alkanes of at least 4 members (excludes halogenated alkanes) is 1. The average molecular weight is 330 g/mol. The number of nitrogens with two attached hydrogens (primary N) is 1. The first-order valence-electron chi connectivity index (χ1n) is 6.90. The van der Waals surface area contributed by atoms with Crippen molar-refractivity contribution < 1.29 is 13.2 Å². The Morgan fingerprint density at radius 1 is 1.27 bits per heavy atom. The van der Waals surface area contributed by atoms with E-state index in [-0.39, 0.29) is 0 Å². The van der Waals surface area contributed by atoms with Crippen LogP contribution in [0.25, 0.3) is 0 Å². The molecule has 0 fully saturated rings. The number of nitrogen functional groups attached to an aromatic ring is 1. The molecule has 0 aliphatic carbocycles. The van der Waals surface area contributed by atoms with Gasteiger partial charge in [0.15, 0.2) is 5.82 Å². The molecule has 1 heterocycles. The predicted octanol–water partition coefficient (Wildman–Crippen LogP) is 3.65. The van der Waals surface area contributed by atoms with Crippen LogP contribution in [0.5, 0.6) is 0 Å². The van der Waals surface area contributed by atoms with E-state index in [0.29, 0.717) is 22.3 Å². The molecule has 0 atom stereocenters. The van der Waals surface area contributed by atoms with Gasteiger partial charge in [0.25, 0.3) is 0 Å². The predicted molar refractivity (Wildman–Crippen MR) is 79.8 cm³/mol. The van der Waals surface area contributed by atoms with Crippen molar-refractivity contribution in [3.8, 4) is 0 Å². The Balaban J connectivity index is 2.03. The molecule has 0 saturated heterocycles. The van der Waals surface area contributed by atoms with Gasteiger partial charge in [0.2, 0.25) is 5.16 Å². The molecule has 1 aromatic heterocycles. The third-order valence-corrected chi connectivity index (χ3v) is 4.13. The van der Waals surface area contributed by atoms with Crippen molar-refractivity contribution in [2.75, 3.05) is 5.84 Å². The second kappa shape index (κ2) is 7.04. The Bertz CT molecular complexity index is 625. The third kappa shape index (κ3) is 4.16. The topological polar surface area (TPSA) is 56.7 Å². The van der Waals surface area contributed by atoms with Gasteiger partial charge in [0.1, 0.15) is 0 Å². The summed E-state index contributed by atoms with van der Waals surface area (Å²) in [6, 6.07) is 5.25. The molecule has 2 N–H and O–H groups in total. The summed E-state index contributed by atoms with van der Waals surface area (Å²) in [5.41, 5.74) is -0.0821. The summed E-state index contributed by atoms with van der Waals surface area (Å²) in [5, 5.41) is 8.50. The maximum atomic E-state index is 12.7. The lowest BCUT2D eigenvalue weighted by Gasteiger charge is -2.08. The summed E-state index contributed by atoms with van der Waals surface area (Å²) in [6.07, 6.45) is -1.60. The second-order valence-electron chi connectivity index (χ2n) is 4.86. The number of halogens is 3. The van der Waals surface area contributed by atoms with E-state index in [1.54, 1.807) is 6.07 Å². The van der Waals surface area contributed by atoms with Crippen LogP contribution in [0.1, 0.15) is 36.7 Å². The number of hydrogen-bond donors (Lipinski definition) is 1. The maximum absolute atomic E-state index is 12.7. The number of aryl methyl sites for hydroxylation is 1. The first-order valence-corrected chi connectivity index (χ1v) is 7.88. The Morgan fingerprint density at radius 2 is 2.05 bits per heavy atom. The summed E-state index contributed by atoms with van der Waals surface area (Å²) in [7, 11) is 0. The highest BCUT2D eigenvalue weighted by atomic mass is 32.2. The van der Waals surface area contributed by atoms with Crippen LogP contribution in [-0.4, -0.2) is 14.9 Å². The van der Waals surface area contributed by atoms with Gasteiger partial charge in [-0.05, 0) is 18.1 Å². The Hall–Kier alpha value is -1.70. The first-order chi connectivity index (χ1) is 10.4. The molecule has 2 aromatic rings. The summed E-state index contributed by atoms with van der Waals surface area (Å²) in [6.45, 7) is 2.07. The molecule has 120 valence electrons. The fraction of sp³-hybridized carbons (Fsp3) is 0.429. The zero-order valence-electron chi connectivity index (χ0n) is 12.1. The van der Waals surface area contributed by atoms with E-state index >= 15 is 0 Å². The molecule has 1 aromatic carbocycles. The molecule has 0 unspecified atom stereocenters. The van der Waals surface area contributed by atoms with Gasteiger partial charge in [0.05, 0.1) is 5.56 Å². The lowest BCUT2D eigenvalue weighted by molar-refractivity contribution is -0.137. The van der Waals surface area contributed by atoms with E-state index in [1.165, 1.54) is 22.5 Å². The van der Waals surface area contributed by atoms with Gasteiger partial charge in [-0.3, -0.25) is 0 Å². The molecule has 4 nitrogen and oxygen atoms in total. The number of hydrogen-bond acceptors (Lipinski definition) is 4. The molecular weight excluding hydrogens is 313 g/mol. The lowest BCUT2D eigenvalue weighted by atomic mass is 10.1. The highest BCUT2D eigenvalue weighted by Crippen LogP contribution is 2.30. The van der Waals surface area contributed by atoms with Crippen LogP contribution >= 0.6 is 11.8 Å². The molecule has 22 heavy (non-hydrogen) atoms. The highest BCUT2D eigenvalue weighted by Gasteiger charge is 2.30. The monoisotopic (exact) mass is 330 g/mol. The van der Waals surface area contributed by atoms with Crippen LogP contribution in [0.4, 0.5) is 13.2 Å². The Labute approximate surface area is 130 Å². The quantitative estimate of drug-likeness (QED) is 0.649. The Kier molecular flexibility index (Phi) is 5.33. The van der Waals surface area contributed by atoms with Crippen molar-refractivity contribution in [1.29, 1.82) is 0 Å². The van der Waals surface area contributed by atoms with Crippen molar-refractivity contribution in [2.24, 2.45) is 0 Å². The van der Waals surface area contributed by atoms with Crippen molar-refractivity contribution in [2.45, 2.75) is 43.3 Å². The van der Waals surface area contributed by atoms with E-state index < -0.39 is 11.7 Å². The van der Waals surface area contributed by atoms with Crippen LogP contribution in [0.3, 0.4) is 0 Å². The molecule has 0 amide bonds. The number of rotatable bonds is 6. The van der Waals surface area contributed by atoms with Crippen molar-refractivity contribution in [3.05, 3.63) is 41.2 Å². The van der Waals surface area contributed by atoms with Gasteiger partial charge < -0.3 is 5.84 Å². The fourth-order valence-corrected chi connectivity index (χ4v) is 2.71. The van der Waals surface area contributed by atoms with E-state index in [1.807, 2.05) is 0 Å². The SMILES string of the molecule is CCCCc1nnc(SCc2cccc(C(F)(F)F)c2)n1N. The minimum absolute atomic E-state index is 0.354. The smallest absolute Gasteiger partial charge is 0.336 e. The minimum Gasteiger partial charge on any atom is -0.336 e. The normalized spacial score (nSPS) is 11.8. The molecule has 0 spiro atoms. The number of benzene rings is 1. The maximum Gasteiger partial charge on any atom is 0.416 e. The summed E-state index contributed by atoms with van der Waals surface area (Å²) in [5.74, 6) is 6.94. The van der Waals surface area contributed by atoms with E-state index in [9.17, 15) is 13.2 Å². The van der Waals surface area contributed by atoms with Crippen molar-refractivity contribution in [3.63, 3.8) is 0 Å². The molecule has 0 aliphatic heterocycles. The van der Waals surface area contributed by atoms with E-state index in [0.717, 1.165) is 31.4 Å². The molecule has 8 heteroatoms. The second-order valence-corrected chi connectivity index (χ2v) is 5.80. The van der Waals surface area contributed by atoms with Crippen LogP contribution in [-0.2, 0) is 18.3 Å². The minimum atomic E-state index is -4.33. The third-order valence-electron chi connectivity index (χ3n) is 3.11. The standard InChI is InChI=1S/C14H17F3N4S/c1-2-3-7-12-19-20-13(21(12)18)22-9-10-5-4-6-11(8-10)14(15,16)17/h4-6,8H,2-3,7,9,18H2,1H3. The molecular formula is C14H17F3N4S. The summed E-state index contributed by atoms with van der Waals surface area (Å²) in [4.78, 5) is 0.